The molecule has 0 bridgehead atoms. The average Bonchev–Trinajstić information content (AvgIpc) is 3.12. The van der Waals surface area contributed by atoms with E-state index in [0.29, 0.717) is 24.4 Å². The van der Waals surface area contributed by atoms with E-state index in [-0.39, 0.29) is 5.92 Å². The minimum Gasteiger partial charge on any atom is -0.339 e. The van der Waals surface area contributed by atoms with Crippen molar-refractivity contribution in [3.63, 3.8) is 0 Å². The molecule has 92 valence electrons. The first-order valence-electron chi connectivity index (χ1n) is 6.74. The molecule has 16 heavy (non-hydrogen) atoms. The van der Waals surface area contributed by atoms with Crippen LogP contribution in [-0.4, -0.2) is 29.9 Å². The van der Waals surface area contributed by atoms with Crippen molar-refractivity contribution in [2.75, 3.05) is 13.1 Å². The lowest BCUT2D eigenvalue weighted by molar-refractivity contribution is -0.139. The summed E-state index contributed by atoms with van der Waals surface area (Å²) >= 11 is 0. The number of nitrogens with two attached hydrogens (primary N) is 1. The Balaban J connectivity index is 1.95. The van der Waals surface area contributed by atoms with Crippen molar-refractivity contribution in [1.82, 2.24) is 4.90 Å². The predicted octanol–water partition coefficient (Wildman–Crippen LogP) is 1.76. The minimum absolute atomic E-state index is 0.248. The van der Waals surface area contributed by atoms with E-state index in [1.807, 2.05) is 0 Å². The maximum absolute atomic E-state index is 12.3. The van der Waals surface area contributed by atoms with Gasteiger partial charge in [-0.3, -0.25) is 4.79 Å². The average molecular weight is 224 g/mol. The van der Waals surface area contributed by atoms with Crippen LogP contribution < -0.4 is 5.73 Å². The predicted molar refractivity (Wildman–Crippen MR) is 64.9 cm³/mol. The molecule has 0 aromatic carbocycles. The van der Waals surface area contributed by atoms with Gasteiger partial charge >= 0.3 is 0 Å². The van der Waals surface area contributed by atoms with Gasteiger partial charge in [0, 0.05) is 18.5 Å². The van der Waals surface area contributed by atoms with Crippen molar-refractivity contribution in [1.29, 1.82) is 0 Å². The highest BCUT2D eigenvalue weighted by Crippen LogP contribution is 2.38. The SMILES string of the molecule is CC(C(=O)N1CCCCC1CCN)C1CC1. The van der Waals surface area contributed by atoms with Crippen LogP contribution in [0.25, 0.3) is 0 Å². The Kier molecular flexibility index (Phi) is 3.85. The van der Waals surface area contributed by atoms with Crippen LogP contribution in [-0.2, 0) is 4.79 Å². The van der Waals surface area contributed by atoms with Crippen LogP contribution in [0.4, 0.5) is 0 Å². The van der Waals surface area contributed by atoms with E-state index in [1.54, 1.807) is 0 Å². The second kappa shape index (κ2) is 5.17. The number of hydrogen-bond acceptors (Lipinski definition) is 2. The van der Waals surface area contributed by atoms with E-state index in [0.717, 1.165) is 19.4 Å². The van der Waals surface area contributed by atoms with Gasteiger partial charge in [0.2, 0.25) is 5.91 Å². The maximum Gasteiger partial charge on any atom is 0.225 e. The van der Waals surface area contributed by atoms with Gasteiger partial charge in [-0.15, -0.1) is 0 Å². The number of nitrogens with zero attached hydrogens (tertiary/aromatic N) is 1. The molecule has 3 nitrogen and oxygen atoms in total. The van der Waals surface area contributed by atoms with E-state index in [2.05, 4.69) is 11.8 Å². The van der Waals surface area contributed by atoms with E-state index in [4.69, 9.17) is 5.73 Å². The molecule has 1 aliphatic carbocycles. The first-order chi connectivity index (χ1) is 7.74. The number of rotatable bonds is 4. The fourth-order valence-corrected chi connectivity index (χ4v) is 2.84. The summed E-state index contributed by atoms with van der Waals surface area (Å²) in [6, 6.07) is 0.424. The molecule has 2 unspecified atom stereocenters. The first kappa shape index (κ1) is 11.9. The van der Waals surface area contributed by atoms with Crippen LogP contribution in [0.1, 0.15) is 45.4 Å². The van der Waals surface area contributed by atoms with Crippen molar-refractivity contribution >= 4 is 5.91 Å². The monoisotopic (exact) mass is 224 g/mol. The molecule has 1 amide bonds. The van der Waals surface area contributed by atoms with E-state index in [1.165, 1.54) is 25.7 Å². The molecule has 1 aliphatic heterocycles. The van der Waals surface area contributed by atoms with E-state index >= 15 is 0 Å². The van der Waals surface area contributed by atoms with Crippen LogP contribution in [0.2, 0.25) is 0 Å². The summed E-state index contributed by atoms with van der Waals surface area (Å²) in [6.07, 6.45) is 7.06. The van der Waals surface area contributed by atoms with Gasteiger partial charge in [-0.25, -0.2) is 0 Å². The number of hydrogen-bond donors (Lipinski definition) is 1. The highest BCUT2D eigenvalue weighted by atomic mass is 16.2. The molecule has 3 heteroatoms. The normalized spacial score (nSPS) is 27.9. The Morgan fingerprint density at radius 1 is 1.38 bits per heavy atom. The lowest BCUT2D eigenvalue weighted by atomic mass is 9.96. The van der Waals surface area contributed by atoms with Gasteiger partial charge in [-0.1, -0.05) is 6.92 Å². The fraction of sp³-hybridized carbons (Fsp3) is 0.923. The van der Waals surface area contributed by atoms with E-state index < -0.39 is 0 Å². The zero-order valence-electron chi connectivity index (χ0n) is 10.3. The van der Waals surface area contributed by atoms with Crippen molar-refractivity contribution < 1.29 is 4.79 Å². The van der Waals surface area contributed by atoms with E-state index in [9.17, 15) is 4.79 Å². The Morgan fingerprint density at radius 3 is 2.75 bits per heavy atom. The number of carbonyl (C=O) groups excluding carboxylic acids is 1. The molecule has 1 heterocycles. The fourth-order valence-electron chi connectivity index (χ4n) is 2.84. The Labute approximate surface area is 98.4 Å². The Morgan fingerprint density at radius 2 is 2.12 bits per heavy atom. The summed E-state index contributed by atoms with van der Waals surface area (Å²) in [5, 5.41) is 0. The lowest BCUT2D eigenvalue weighted by Crippen LogP contribution is -2.47. The standard InChI is InChI=1S/C13H24N2O/c1-10(11-5-6-11)13(16)15-9-3-2-4-12(15)7-8-14/h10-12H,2-9,14H2,1H3. The third kappa shape index (κ3) is 2.57. The number of carbonyl (C=O) groups is 1. The highest BCUT2D eigenvalue weighted by Gasteiger charge is 2.37. The van der Waals surface area contributed by atoms with Crippen molar-refractivity contribution in [3.05, 3.63) is 0 Å². The molecule has 2 aliphatic rings. The third-order valence-corrected chi connectivity index (χ3v) is 4.13. The molecule has 2 N–H and O–H groups in total. The molecule has 1 saturated heterocycles. The minimum atomic E-state index is 0.248. The second-order valence-corrected chi connectivity index (χ2v) is 5.38. The smallest absolute Gasteiger partial charge is 0.225 e. The molecular formula is C13H24N2O. The zero-order valence-corrected chi connectivity index (χ0v) is 10.3. The maximum atomic E-state index is 12.3. The molecule has 0 aromatic heterocycles. The Bertz CT molecular complexity index is 248. The van der Waals surface area contributed by atoms with Crippen molar-refractivity contribution in [3.8, 4) is 0 Å². The largest absolute Gasteiger partial charge is 0.339 e. The summed E-state index contributed by atoms with van der Waals surface area (Å²) in [5.74, 6) is 1.31. The zero-order chi connectivity index (χ0) is 11.5. The van der Waals surface area contributed by atoms with Crippen LogP contribution in [0.5, 0.6) is 0 Å². The van der Waals surface area contributed by atoms with Crippen LogP contribution in [0, 0.1) is 11.8 Å². The van der Waals surface area contributed by atoms with Gasteiger partial charge in [-0.05, 0) is 51.0 Å². The van der Waals surface area contributed by atoms with Gasteiger partial charge in [0.1, 0.15) is 0 Å². The number of piperidine rings is 1. The van der Waals surface area contributed by atoms with Gasteiger partial charge in [-0.2, -0.15) is 0 Å². The molecule has 2 atom stereocenters. The molecule has 2 fully saturated rings. The summed E-state index contributed by atoms with van der Waals surface area (Å²) in [5.41, 5.74) is 5.63. The summed E-state index contributed by atoms with van der Waals surface area (Å²) in [4.78, 5) is 14.5. The highest BCUT2D eigenvalue weighted by molar-refractivity contribution is 5.79. The van der Waals surface area contributed by atoms with Crippen molar-refractivity contribution in [2.24, 2.45) is 17.6 Å². The quantitative estimate of drug-likeness (QED) is 0.791. The first-order valence-corrected chi connectivity index (χ1v) is 6.74. The molecular weight excluding hydrogens is 200 g/mol. The van der Waals surface area contributed by atoms with Crippen LogP contribution >= 0.6 is 0 Å². The summed E-state index contributed by atoms with van der Waals surface area (Å²) in [6.45, 7) is 3.76. The molecule has 0 radical (unpaired) electrons. The molecule has 0 aromatic rings. The van der Waals surface area contributed by atoms with Crippen LogP contribution in [0.3, 0.4) is 0 Å². The van der Waals surface area contributed by atoms with Gasteiger partial charge in [0.25, 0.3) is 0 Å². The molecule has 1 saturated carbocycles. The van der Waals surface area contributed by atoms with Gasteiger partial charge in [0.15, 0.2) is 0 Å². The summed E-state index contributed by atoms with van der Waals surface area (Å²) < 4.78 is 0. The number of likely N-dealkylation sites (tertiary alicyclic amines) is 1. The van der Waals surface area contributed by atoms with Crippen LogP contribution in [0.15, 0.2) is 0 Å². The van der Waals surface area contributed by atoms with Gasteiger partial charge < -0.3 is 10.6 Å². The molecule has 0 spiro atoms. The number of amides is 1. The second-order valence-electron chi connectivity index (χ2n) is 5.38. The van der Waals surface area contributed by atoms with Crippen molar-refractivity contribution in [2.45, 2.75) is 51.5 Å². The topological polar surface area (TPSA) is 46.3 Å². The Hall–Kier alpha value is -0.570. The summed E-state index contributed by atoms with van der Waals surface area (Å²) in [7, 11) is 0. The lowest BCUT2D eigenvalue weighted by Gasteiger charge is -2.37. The van der Waals surface area contributed by atoms with Gasteiger partial charge in [0.05, 0.1) is 0 Å². The third-order valence-electron chi connectivity index (χ3n) is 4.13. The molecule has 2 rings (SSSR count).